The van der Waals surface area contributed by atoms with Gasteiger partial charge in [-0.1, -0.05) is 15.9 Å². The first kappa shape index (κ1) is 23.6. The van der Waals surface area contributed by atoms with Gasteiger partial charge in [0.25, 0.3) is 5.91 Å². The second kappa shape index (κ2) is 10.4. The molecule has 3 N–H and O–H groups in total. The first-order valence-corrected chi connectivity index (χ1v) is 10.4. The fourth-order valence-electron chi connectivity index (χ4n) is 3.39. The number of rotatable bonds is 7. The van der Waals surface area contributed by atoms with Crippen LogP contribution in [0.4, 0.5) is 4.79 Å². The van der Waals surface area contributed by atoms with Gasteiger partial charge in [0.2, 0.25) is 11.8 Å². The SMILES string of the molecule is COC(=O)NC1CCC(=O)N2CCCC(C(=O)NC(CC(=O)O)C(=O)CBr)N2C1=O. The van der Waals surface area contributed by atoms with Gasteiger partial charge in [0.15, 0.2) is 5.78 Å². The molecule has 3 unspecified atom stereocenters. The molecule has 2 rings (SSSR count). The molecule has 166 valence electrons. The molecule has 30 heavy (non-hydrogen) atoms. The van der Waals surface area contributed by atoms with E-state index < -0.39 is 54.2 Å². The van der Waals surface area contributed by atoms with Crippen molar-refractivity contribution in [2.24, 2.45) is 0 Å². The molecule has 4 amide bonds. The standard InChI is InChI=1S/C17H23BrN4O8/c1-30-17(29)20-9-4-5-13(24)21-6-2-3-11(22(21)16(9)28)15(27)19-10(7-14(25)26)12(23)8-18/h9-11H,2-8H2,1H3,(H,19,27)(H,20,29)(H,25,26). The van der Waals surface area contributed by atoms with E-state index in [1.165, 1.54) is 5.01 Å². The Morgan fingerprint density at radius 3 is 2.57 bits per heavy atom. The Labute approximate surface area is 180 Å². The van der Waals surface area contributed by atoms with Gasteiger partial charge in [-0.25, -0.2) is 9.80 Å². The third-order valence-electron chi connectivity index (χ3n) is 4.86. The molecular formula is C17H23BrN4O8. The van der Waals surface area contributed by atoms with E-state index in [1.807, 2.05) is 0 Å². The van der Waals surface area contributed by atoms with Gasteiger partial charge in [-0.15, -0.1) is 0 Å². The highest BCUT2D eigenvalue weighted by Gasteiger charge is 2.45. The number of carboxylic acids is 1. The molecular weight excluding hydrogens is 468 g/mol. The minimum atomic E-state index is -1.29. The summed E-state index contributed by atoms with van der Waals surface area (Å²) in [4.78, 5) is 73.1. The Balaban J connectivity index is 2.27. The van der Waals surface area contributed by atoms with Gasteiger partial charge in [0.1, 0.15) is 12.1 Å². The van der Waals surface area contributed by atoms with E-state index in [9.17, 15) is 28.8 Å². The van der Waals surface area contributed by atoms with E-state index in [2.05, 4.69) is 31.3 Å². The molecule has 0 bridgehead atoms. The maximum atomic E-state index is 13.1. The van der Waals surface area contributed by atoms with E-state index in [1.54, 1.807) is 0 Å². The summed E-state index contributed by atoms with van der Waals surface area (Å²) in [7, 11) is 1.13. The van der Waals surface area contributed by atoms with Gasteiger partial charge < -0.3 is 20.5 Å². The molecule has 2 saturated heterocycles. The number of amides is 4. The van der Waals surface area contributed by atoms with Crippen molar-refractivity contribution in [3.05, 3.63) is 0 Å². The van der Waals surface area contributed by atoms with Gasteiger partial charge in [-0.05, 0) is 19.3 Å². The lowest BCUT2D eigenvalue weighted by Crippen LogP contribution is -2.64. The summed E-state index contributed by atoms with van der Waals surface area (Å²) >= 11 is 2.95. The Bertz CT molecular complexity index is 745. The predicted molar refractivity (Wildman–Crippen MR) is 103 cm³/mol. The van der Waals surface area contributed by atoms with Crippen LogP contribution in [0.5, 0.6) is 0 Å². The number of carbonyl (C=O) groups excluding carboxylic acids is 5. The number of alkyl carbamates (subject to hydrolysis) is 1. The third-order valence-corrected chi connectivity index (χ3v) is 5.41. The Morgan fingerprint density at radius 2 is 1.97 bits per heavy atom. The average molecular weight is 491 g/mol. The summed E-state index contributed by atoms with van der Waals surface area (Å²) in [6, 6.07) is -3.49. The monoisotopic (exact) mass is 490 g/mol. The van der Waals surface area contributed by atoms with Crippen molar-refractivity contribution >= 4 is 51.5 Å². The zero-order valence-electron chi connectivity index (χ0n) is 16.3. The lowest BCUT2D eigenvalue weighted by atomic mass is 10.0. The minimum absolute atomic E-state index is 0.0189. The van der Waals surface area contributed by atoms with Crippen LogP contribution in [0.3, 0.4) is 0 Å². The van der Waals surface area contributed by atoms with Crippen LogP contribution in [0.2, 0.25) is 0 Å². The molecule has 0 aliphatic carbocycles. The molecule has 2 fully saturated rings. The molecule has 0 aromatic heterocycles. The highest BCUT2D eigenvalue weighted by atomic mass is 79.9. The molecule has 0 aromatic rings. The van der Waals surface area contributed by atoms with Crippen LogP contribution in [0, 0.1) is 0 Å². The fraction of sp³-hybridized carbons (Fsp3) is 0.647. The number of methoxy groups -OCH3 is 1. The molecule has 0 spiro atoms. The Kier molecular flexibility index (Phi) is 8.15. The van der Waals surface area contributed by atoms with Crippen LogP contribution in [-0.4, -0.2) is 87.8 Å². The summed E-state index contributed by atoms with van der Waals surface area (Å²) in [5.74, 6) is -3.60. The molecule has 2 aliphatic heterocycles. The Morgan fingerprint density at radius 1 is 1.27 bits per heavy atom. The Hall–Kier alpha value is -2.70. The van der Waals surface area contributed by atoms with Crippen LogP contribution < -0.4 is 10.6 Å². The lowest BCUT2D eigenvalue weighted by Gasteiger charge is -2.43. The minimum Gasteiger partial charge on any atom is -0.481 e. The number of carbonyl (C=O) groups is 6. The van der Waals surface area contributed by atoms with Gasteiger partial charge in [-0.2, -0.15) is 0 Å². The van der Waals surface area contributed by atoms with Crippen LogP contribution in [-0.2, 0) is 28.7 Å². The maximum Gasteiger partial charge on any atom is 0.407 e. The maximum absolute atomic E-state index is 13.1. The van der Waals surface area contributed by atoms with Crippen LogP contribution >= 0.6 is 15.9 Å². The smallest absolute Gasteiger partial charge is 0.407 e. The fourth-order valence-corrected chi connectivity index (χ4v) is 3.78. The summed E-state index contributed by atoms with van der Waals surface area (Å²) in [5, 5.41) is 15.8. The van der Waals surface area contributed by atoms with Crippen LogP contribution in [0.1, 0.15) is 32.1 Å². The molecule has 3 atom stereocenters. The molecule has 2 aliphatic rings. The van der Waals surface area contributed by atoms with Crippen molar-refractivity contribution in [1.82, 2.24) is 20.7 Å². The zero-order valence-corrected chi connectivity index (χ0v) is 17.8. The number of hydrogen-bond donors (Lipinski definition) is 3. The van der Waals surface area contributed by atoms with Crippen molar-refractivity contribution in [3.63, 3.8) is 0 Å². The number of Topliss-reactive ketones (excluding diaryl/α,β-unsaturated/α-hetero) is 1. The topological polar surface area (TPSA) is 162 Å². The molecule has 13 heteroatoms. The number of hydrogen-bond acceptors (Lipinski definition) is 7. The third kappa shape index (κ3) is 5.46. The summed E-state index contributed by atoms with van der Waals surface area (Å²) in [6.45, 7) is 0.220. The summed E-state index contributed by atoms with van der Waals surface area (Å²) in [6.07, 6.45) is -0.816. The number of hydrazine groups is 1. The van der Waals surface area contributed by atoms with Crippen molar-refractivity contribution in [1.29, 1.82) is 0 Å². The van der Waals surface area contributed by atoms with E-state index in [0.29, 0.717) is 6.42 Å². The van der Waals surface area contributed by atoms with Crippen molar-refractivity contribution in [2.75, 3.05) is 19.0 Å². The number of ether oxygens (including phenoxy) is 1. The number of nitrogens with one attached hydrogen (secondary N) is 2. The van der Waals surface area contributed by atoms with E-state index in [4.69, 9.17) is 5.11 Å². The first-order chi connectivity index (χ1) is 14.2. The largest absolute Gasteiger partial charge is 0.481 e. The summed E-state index contributed by atoms with van der Waals surface area (Å²) < 4.78 is 4.51. The van der Waals surface area contributed by atoms with Gasteiger partial charge in [0, 0.05) is 13.0 Å². The highest BCUT2D eigenvalue weighted by molar-refractivity contribution is 9.09. The highest BCUT2D eigenvalue weighted by Crippen LogP contribution is 2.25. The van der Waals surface area contributed by atoms with E-state index in [0.717, 1.165) is 12.1 Å². The van der Waals surface area contributed by atoms with E-state index >= 15 is 0 Å². The first-order valence-electron chi connectivity index (χ1n) is 9.28. The molecule has 12 nitrogen and oxygen atoms in total. The molecule has 2 heterocycles. The van der Waals surface area contributed by atoms with Crippen molar-refractivity contribution in [3.8, 4) is 0 Å². The second-order valence-electron chi connectivity index (χ2n) is 6.84. The van der Waals surface area contributed by atoms with Crippen molar-refractivity contribution in [2.45, 2.75) is 50.2 Å². The normalized spacial score (nSPS) is 22.5. The van der Waals surface area contributed by atoms with Crippen LogP contribution in [0.25, 0.3) is 0 Å². The molecule has 0 radical (unpaired) electrons. The number of ketones is 1. The number of fused-ring (bicyclic) bond motifs is 1. The zero-order chi connectivity index (χ0) is 22.4. The molecule has 0 saturated carbocycles. The van der Waals surface area contributed by atoms with Crippen molar-refractivity contribution < 1.29 is 38.6 Å². The molecule has 0 aromatic carbocycles. The lowest BCUT2D eigenvalue weighted by molar-refractivity contribution is -0.176. The number of carboxylic acid groups (broad SMARTS) is 1. The van der Waals surface area contributed by atoms with Gasteiger partial charge >= 0.3 is 12.1 Å². The summed E-state index contributed by atoms with van der Waals surface area (Å²) in [5.41, 5.74) is 0. The van der Waals surface area contributed by atoms with Crippen LogP contribution in [0.15, 0.2) is 0 Å². The average Bonchev–Trinajstić information content (AvgIpc) is 2.84. The quantitative estimate of drug-likeness (QED) is 0.389. The van der Waals surface area contributed by atoms with Gasteiger partial charge in [-0.3, -0.25) is 29.0 Å². The number of nitrogens with zero attached hydrogens (tertiary/aromatic N) is 2. The van der Waals surface area contributed by atoms with Gasteiger partial charge in [0.05, 0.1) is 24.9 Å². The number of aliphatic carboxylic acids is 1. The van der Waals surface area contributed by atoms with E-state index in [-0.39, 0.29) is 37.0 Å². The second-order valence-corrected chi connectivity index (χ2v) is 7.40. The number of alkyl halides is 1. The predicted octanol–water partition coefficient (Wildman–Crippen LogP) is -0.837. The number of halogens is 1.